The quantitative estimate of drug-likeness (QED) is 0.626. The second-order valence-electron chi connectivity index (χ2n) is 7.47. The van der Waals surface area contributed by atoms with Crippen molar-refractivity contribution in [2.45, 2.75) is 45.6 Å². The second-order valence-corrected chi connectivity index (χ2v) is 7.47. The first kappa shape index (κ1) is 17.5. The standard InChI is InChI=1S/C22H25N5/c1-14(2)19-7-6-18(12-15(19)3)24-21-13-20(16-8-10-23-11-9-16)26-22(27-21)25-17-4-5-17/h6-14,17H,4-5H2,1-3H3,(H2,24,25,26,27). The number of hydrogen-bond acceptors (Lipinski definition) is 5. The van der Waals surface area contributed by atoms with Crippen LogP contribution in [0.3, 0.4) is 0 Å². The van der Waals surface area contributed by atoms with Crippen molar-refractivity contribution in [2.24, 2.45) is 0 Å². The SMILES string of the molecule is Cc1cc(Nc2cc(-c3ccncc3)nc(NC3CC3)n2)ccc1C(C)C. The molecule has 0 atom stereocenters. The summed E-state index contributed by atoms with van der Waals surface area (Å²) in [5.74, 6) is 1.98. The van der Waals surface area contributed by atoms with Gasteiger partial charge in [-0.2, -0.15) is 4.98 Å². The Hall–Kier alpha value is -2.95. The fraction of sp³-hybridized carbons (Fsp3) is 0.318. The number of aryl methyl sites for hydroxylation is 1. The molecule has 5 nitrogen and oxygen atoms in total. The van der Waals surface area contributed by atoms with E-state index in [9.17, 15) is 0 Å². The van der Waals surface area contributed by atoms with Crippen molar-refractivity contribution in [3.63, 3.8) is 0 Å². The summed E-state index contributed by atoms with van der Waals surface area (Å²) >= 11 is 0. The number of pyridine rings is 1. The Morgan fingerprint density at radius 2 is 1.78 bits per heavy atom. The normalized spacial score (nSPS) is 13.6. The third-order valence-corrected chi connectivity index (χ3v) is 4.78. The molecule has 1 aliphatic carbocycles. The summed E-state index contributed by atoms with van der Waals surface area (Å²) in [6.45, 7) is 6.59. The van der Waals surface area contributed by atoms with Gasteiger partial charge in [0.25, 0.3) is 0 Å². The van der Waals surface area contributed by atoms with Crippen LogP contribution in [0.2, 0.25) is 0 Å². The van der Waals surface area contributed by atoms with Gasteiger partial charge < -0.3 is 10.6 Å². The predicted octanol–water partition coefficient (Wildman–Crippen LogP) is 5.29. The minimum Gasteiger partial charge on any atom is -0.351 e. The Kier molecular flexibility index (Phi) is 4.75. The highest BCUT2D eigenvalue weighted by Crippen LogP contribution is 2.28. The van der Waals surface area contributed by atoms with Gasteiger partial charge in [0, 0.05) is 35.8 Å². The van der Waals surface area contributed by atoms with Crippen LogP contribution in [-0.2, 0) is 0 Å². The van der Waals surface area contributed by atoms with Crippen LogP contribution >= 0.6 is 0 Å². The van der Waals surface area contributed by atoms with Crippen LogP contribution in [0.4, 0.5) is 17.5 Å². The molecule has 0 saturated heterocycles. The topological polar surface area (TPSA) is 62.7 Å². The molecule has 0 spiro atoms. The Morgan fingerprint density at radius 3 is 2.44 bits per heavy atom. The first-order chi connectivity index (χ1) is 13.1. The zero-order valence-corrected chi connectivity index (χ0v) is 16.0. The van der Waals surface area contributed by atoms with Gasteiger partial charge in [0.15, 0.2) is 0 Å². The zero-order chi connectivity index (χ0) is 18.8. The maximum absolute atomic E-state index is 4.69. The van der Waals surface area contributed by atoms with E-state index in [0.717, 1.165) is 22.8 Å². The van der Waals surface area contributed by atoms with E-state index < -0.39 is 0 Å². The number of benzene rings is 1. The lowest BCUT2D eigenvalue weighted by molar-refractivity contribution is 0.857. The van der Waals surface area contributed by atoms with Crippen molar-refractivity contribution in [1.29, 1.82) is 0 Å². The summed E-state index contributed by atoms with van der Waals surface area (Å²) in [7, 11) is 0. The molecule has 1 fully saturated rings. The Morgan fingerprint density at radius 1 is 1.00 bits per heavy atom. The number of aromatic nitrogens is 3. The molecule has 5 heteroatoms. The van der Waals surface area contributed by atoms with Gasteiger partial charge in [0.05, 0.1) is 5.69 Å². The highest BCUT2D eigenvalue weighted by Gasteiger charge is 2.22. The molecule has 1 saturated carbocycles. The van der Waals surface area contributed by atoms with Crippen molar-refractivity contribution in [3.8, 4) is 11.3 Å². The summed E-state index contributed by atoms with van der Waals surface area (Å²) in [5, 5.41) is 6.86. The average Bonchev–Trinajstić information content (AvgIpc) is 3.46. The summed E-state index contributed by atoms with van der Waals surface area (Å²) in [5.41, 5.74) is 5.61. The van der Waals surface area contributed by atoms with Crippen LogP contribution in [0.15, 0.2) is 48.8 Å². The zero-order valence-electron chi connectivity index (χ0n) is 16.0. The van der Waals surface area contributed by atoms with Gasteiger partial charge in [0.2, 0.25) is 5.95 Å². The third kappa shape index (κ3) is 4.25. The van der Waals surface area contributed by atoms with Crippen LogP contribution < -0.4 is 10.6 Å². The summed E-state index contributed by atoms with van der Waals surface area (Å²) in [4.78, 5) is 13.5. The Balaban J connectivity index is 1.66. The van der Waals surface area contributed by atoms with Gasteiger partial charge in [0.1, 0.15) is 5.82 Å². The molecule has 0 radical (unpaired) electrons. The number of hydrogen-bond donors (Lipinski definition) is 2. The molecule has 2 aromatic heterocycles. The van der Waals surface area contributed by atoms with Gasteiger partial charge in [-0.15, -0.1) is 0 Å². The van der Waals surface area contributed by atoms with Gasteiger partial charge in [-0.25, -0.2) is 4.98 Å². The van der Waals surface area contributed by atoms with Gasteiger partial charge in [-0.3, -0.25) is 4.98 Å². The number of nitrogens with one attached hydrogen (secondary N) is 2. The average molecular weight is 359 g/mol. The molecule has 0 aliphatic heterocycles. The molecule has 27 heavy (non-hydrogen) atoms. The van der Waals surface area contributed by atoms with E-state index >= 15 is 0 Å². The van der Waals surface area contributed by atoms with Crippen LogP contribution in [0.5, 0.6) is 0 Å². The van der Waals surface area contributed by atoms with E-state index in [-0.39, 0.29) is 0 Å². The number of nitrogens with zero attached hydrogens (tertiary/aromatic N) is 3. The maximum atomic E-state index is 4.69. The fourth-order valence-corrected chi connectivity index (χ4v) is 3.21. The molecule has 0 amide bonds. The van der Waals surface area contributed by atoms with Crippen molar-refractivity contribution in [3.05, 3.63) is 59.9 Å². The van der Waals surface area contributed by atoms with E-state index in [0.29, 0.717) is 17.9 Å². The van der Waals surface area contributed by atoms with Crippen LogP contribution in [0.25, 0.3) is 11.3 Å². The van der Waals surface area contributed by atoms with Crippen LogP contribution in [0.1, 0.15) is 43.7 Å². The Bertz CT molecular complexity index is 933. The highest BCUT2D eigenvalue weighted by atomic mass is 15.2. The molecule has 2 N–H and O–H groups in total. The lowest BCUT2D eigenvalue weighted by Gasteiger charge is -2.14. The first-order valence-corrected chi connectivity index (χ1v) is 9.52. The van der Waals surface area contributed by atoms with Gasteiger partial charge in [-0.1, -0.05) is 19.9 Å². The lowest BCUT2D eigenvalue weighted by atomic mass is 9.98. The second kappa shape index (κ2) is 7.35. The number of anilines is 3. The molecule has 0 bridgehead atoms. The number of rotatable bonds is 6. The predicted molar refractivity (Wildman–Crippen MR) is 110 cm³/mol. The molecule has 1 aliphatic rings. The summed E-state index contributed by atoms with van der Waals surface area (Å²) in [6, 6.07) is 12.9. The molecule has 3 aromatic rings. The summed E-state index contributed by atoms with van der Waals surface area (Å²) in [6.07, 6.45) is 5.93. The molecule has 1 aromatic carbocycles. The monoisotopic (exact) mass is 359 g/mol. The molecular formula is C22H25N5. The Labute approximate surface area is 160 Å². The van der Waals surface area contributed by atoms with E-state index in [4.69, 9.17) is 4.98 Å². The van der Waals surface area contributed by atoms with E-state index in [1.54, 1.807) is 12.4 Å². The van der Waals surface area contributed by atoms with E-state index in [2.05, 4.69) is 59.6 Å². The molecule has 138 valence electrons. The van der Waals surface area contributed by atoms with Crippen molar-refractivity contribution in [1.82, 2.24) is 15.0 Å². The fourth-order valence-electron chi connectivity index (χ4n) is 3.21. The minimum absolute atomic E-state index is 0.498. The third-order valence-electron chi connectivity index (χ3n) is 4.78. The highest BCUT2D eigenvalue weighted by molar-refractivity contribution is 5.67. The molecule has 4 rings (SSSR count). The first-order valence-electron chi connectivity index (χ1n) is 9.52. The molecular weight excluding hydrogens is 334 g/mol. The largest absolute Gasteiger partial charge is 0.351 e. The van der Waals surface area contributed by atoms with Gasteiger partial charge >= 0.3 is 0 Å². The van der Waals surface area contributed by atoms with Crippen molar-refractivity contribution in [2.75, 3.05) is 10.6 Å². The minimum atomic E-state index is 0.498. The van der Waals surface area contributed by atoms with Crippen molar-refractivity contribution >= 4 is 17.5 Å². The van der Waals surface area contributed by atoms with Crippen LogP contribution in [0, 0.1) is 6.92 Å². The smallest absolute Gasteiger partial charge is 0.225 e. The molecule has 0 unspecified atom stereocenters. The molecule has 2 heterocycles. The van der Waals surface area contributed by atoms with E-state index in [1.807, 2.05) is 18.2 Å². The van der Waals surface area contributed by atoms with Crippen molar-refractivity contribution < 1.29 is 0 Å². The van der Waals surface area contributed by atoms with E-state index in [1.165, 1.54) is 24.0 Å². The van der Waals surface area contributed by atoms with Gasteiger partial charge in [-0.05, 0) is 61.1 Å². The maximum Gasteiger partial charge on any atom is 0.225 e. The van der Waals surface area contributed by atoms with Crippen LogP contribution in [-0.4, -0.2) is 21.0 Å². The lowest BCUT2D eigenvalue weighted by Crippen LogP contribution is -2.08. The summed E-state index contributed by atoms with van der Waals surface area (Å²) < 4.78 is 0.